The number of carbonyl (C=O) groups is 2. The standard InChI is InChI=1S/C16H24N2O3/c1-3-5-12-18(13-10-7-6-8-11-13)16(21)17-14(9-4-2)15(19)20/h6-8,10-11,14H,3-5,9,12H2,1-2H3,(H,17,21)(H,19,20)/t14-/m0/s1. The molecule has 0 heterocycles. The highest BCUT2D eigenvalue weighted by atomic mass is 16.4. The van der Waals surface area contributed by atoms with E-state index in [1.165, 1.54) is 0 Å². The van der Waals surface area contributed by atoms with Crippen LogP contribution < -0.4 is 10.2 Å². The maximum Gasteiger partial charge on any atom is 0.326 e. The lowest BCUT2D eigenvalue weighted by atomic mass is 10.2. The monoisotopic (exact) mass is 292 g/mol. The van der Waals surface area contributed by atoms with Crippen molar-refractivity contribution in [3.05, 3.63) is 30.3 Å². The third kappa shape index (κ3) is 5.45. The second kappa shape index (κ2) is 9.00. The van der Waals surface area contributed by atoms with Crippen molar-refractivity contribution in [2.45, 2.75) is 45.6 Å². The van der Waals surface area contributed by atoms with Gasteiger partial charge >= 0.3 is 12.0 Å². The molecule has 1 rings (SSSR count). The minimum absolute atomic E-state index is 0.351. The van der Waals surface area contributed by atoms with E-state index in [-0.39, 0.29) is 6.03 Å². The molecule has 0 aliphatic heterocycles. The first-order chi connectivity index (χ1) is 10.1. The molecule has 1 atom stereocenters. The Labute approximate surface area is 126 Å². The van der Waals surface area contributed by atoms with E-state index in [0.717, 1.165) is 18.5 Å². The predicted octanol–water partition coefficient (Wildman–Crippen LogP) is 3.26. The summed E-state index contributed by atoms with van der Waals surface area (Å²) in [7, 11) is 0. The van der Waals surface area contributed by atoms with Crippen molar-refractivity contribution < 1.29 is 14.7 Å². The van der Waals surface area contributed by atoms with Crippen molar-refractivity contribution in [2.24, 2.45) is 0 Å². The van der Waals surface area contributed by atoms with Gasteiger partial charge in [-0.25, -0.2) is 9.59 Å². The van der Waals surface area contributed by atoms with Gasteiger partial charge in [-0.1, -0.05) is 44.9 Å². The topological polar surface area (TPSA) is 69.6 Å². The molecule has 0 saturated carbocycles. The van der Waals surface area contributed by atoms with Gasteiger partial charge in [-0.2, -0.15) is 0 Å². The van der Waals surface area contributed by atoms with Crippen molar-refractivity contribution in [3.63, 3.8) is 0 Å². The van der Waals surface area contributed by atoms with Crippen molar-refractivity contribution in [3.8, 4) is 0 Å². The van der Waals surface area contributed by atoms with E-state index in [1.54, 1.807) is 4.90 Å². The summed E-state index contributed by atoms with van der Waals surface area (Å²) in [6, 6.07) is 8.13. The summed E-state index contributed by atoms with van der Waals surface area (Å²) < 4.78 is 0. The van der Waals surface area contributed by atoms with E-state index >= 15 is 0 Å². The quantitative estimate of drug-likeness (QED) is 0.772. The summed E-state index contributed by atoms with van der Waals surface area (Å²) >= 11 is 0. The van der Waals surface area contributed by atoms with Gasteiger partial charge in [0.05, 0.1) is 0 Å². The van der Waals surface area contributed by atoms with E-state index in [1.807, 2.05) is 37.3 Å². The molecule has 0 bridgehead atoms. The Morgan fingerprint density at radius 2 is 1.86 bits per heavy atom. The summed E-state index contributed by atoms with van der Waals surface area (Å²) in [5.41, 5.74) is 0.782. The molecule has 0 unspecified atom stereocenters. The number of hydrogen-bond donors (Lipinski definition) is 2. The van der Waals surface area contributed by atoms with Gasteiger partial charge < -0.3 is 10.4 Å². The van der Waals surface area contributed by atoms with Gasteiger partial charge in [0.1, 0.15) is 6.04 Å². The Hall–Kier alpha value is -2.04. The number of hydrogen-bond acceptors (Lipinski definition) is 2. The van der Waals surface area contributed by atoms with E-state index in [2.05, 4.69) is 12.2 Å². The van der Waals surface area contributed by atoms with Crippen molar-refractivity contribution in [2.75, 3.05) is 11.4 Å². The Morgan fingerprint density at radius 1 is 1.19 bits per heavy atom. The van der Waals surface area contributed by atoms with Crippen LogP contribution in [0.25, 0.3) is 0 Å². The van der Waals surface area contributed by atoms with Crippen LogP contribution in [0.3, 0.4) is 0 Å². The van der Waals surface area contributed by atoms with Crippen molar-refractivity contribution in [1.29, 1.82) is 0 Å². The lowest BCUT2D eigenvalue weighted by Crippen LogP contribution is -2.48. The second-order valence-corrected chi connectivity index (χ2v) is 4.97. The Bertz CT molecular complexity index is 448. The van der Waals surface area contributed by atoms with Crippen LogP contribution in [0.1, 0.15) is 39.5 Å². The summed E-state index contributed by atoms with van der Waals surface area (Å²) in [4.78, 5) is 25.2. The summed E-state index contributed by atoms with van der Waals surface area (Å²) in [5, 5.41) is 11.8. The fourth-order valence-electron chi connectivity index (χ4n) is 2.05. The number of para-hydroxylation sites is 1. The van der Waals surface area contributed by atoms with Gasteiger partial charge in [0.25, 0.3) is 0 Å². The Morgan fingerprint density at radius 3 is 2.38 bits per heavy atom. The van der Waals surface area contributed by atoms with Crippen LogP contribution in [-0.2, 0) is 4.79 Å². The summed E-state index contributed by atoms with van der Waals surface area (Å²) in [5.74, 6) is -0.992. The van der Waals surface area contributed by atoms with Crippen LogP contribution in [0.15, 0.2) is 30.3 Å². The smallest absolute Gasteiger partial charge is 0.326 e. The van der Waals surface area contributed by atoms with Crippen LogP contribution in [-0.4, -0.2) is 29.7 Å². The van der Waals surface area contributed by atoms with Crippen LogP contribution >= 0.6 is 0 Å². The number of carboxylic acids is 1. The maximum atomic E-state index is 12.4. The van der Waals surface area contributed by atoms with Crippen LogP contribution in [0.2, 0.25) is 0 Å². The molecule has 0 aliphatic carbocycles. The zero-order chi connectivity index (χ0) is 15.7. The summed E-state index contributed by atoms with van der Waals surface area (Å²) in [6.07, 6.45) is 2.97. The number of rotatable bonds is 8. The molecule has 1 aromatic carbocycles. The first kappa shape index (κ1) is 17.0. The lowest BCUT2D eigenvalue weighted by Gasteiger charge is -2.25. The van der Waals surface area contributed by atoms with Crippen molar-refractivity contribution in [1.82, 2.24) is 5.32 Å². The molecule has 0 aliphatic rings. The average Bonchev–Trinajstić information content (AvgIpc) is 2.48. The molecule has 0 spiro atoms. The molecule has 0 saturated heterocycles. The van der Waals surface area contributed by atoms with E-state index in [9.17, 15) is 9.59 Å². The predicted molar refractivity (Wildman–Crippen MR) is 83.6 cm³/mol. The van der Waals surface area contributed by atoms with Crippen molar-refractivity contribution >= 4 is 17.7 Å². The molecule has 2 amide bonds. The van der Waals surface area contributed by atoms with Crippen LogP contribution in [0.5, 0.6) is 0 Å². The molecule has 2 N–H and O–H groups in total. The molecule has 5 heteroatoms. The number of benzene rings is 1. The number of unbranched alkanes of at least 4 members (excludes halogenated alkanes) is 1. The van der Waals surface area contributed by atoms with Crippen LogP contribution in [0, 0.1) is 0 Å². The van der Waals surface area contributed by atoms with Gasteiger partial charge in [0, 0.05) is 12.2 Å². The fourth-order valence-corrected chi connectivity index (χ4v) is 2.05. The highest BCUT2D eigenvalue weighted by Gasteiger charge is 2.22. The molecule has 0 aromatic heterocycles. The second-order valence-electron chi connectivity index (χ2n) is 4.97. The zero-order valence-corrected chi connectivity index (χ0v) is 12.7. The molecule has 1 aromatic rings. The molecular formula is C16H24N2O3. The Kier molecular flexibility index (Phi) is 7.29. The van der Waals surface area contributed by atoms with Crippen LogP contribution in [0.4, 0.5) is 10.5 Å². The first-order valence-electron chi connectivity index (χ1n) is 7.46. The van der Waals surface area contributed by atoms with E-state index in [4.69, 9.17) is 5.11 Å². The molecular weight excluding hydrogens is 268 g/mol. The Balaban J connectivity index is 2.82. The van der Waals surface area contributed by atoms with Gasteiger partial charge in [-0.3, -0.25) is 4.90 Å². The number of urea groups is 1. The number of carboxylic acid groups (broad SMARTS) is 1. The number of aliphatic carboxylic acids is 1. The third-order valence-electron chi connectivity index (χ3n) is 3.22. The van der Waals surface area contributed by atoms with Gasteiger partial charge in [0.2, 0.25) is 0 Å². The number of amides is 2. The normalized spacial score (nSPS) is 11.7. The van der Waals surface area contributed by atoms with E-state index in [0.29, 0.717) is 19.4 Å². The summed E-state index contributed by atoms with van der Waals surface area (Å²) in [6.45, 7) is 4.52. The number of nitrogens with zero attached hydrogens (tertiary/aromatic N) is 1. The van der Waals surface area contributed by atoms with Gasteiger partial charge in [-0.05, 0) is 25.0 Å². The molecule has 5 nitrogen and oxygen atoms in total. The zero-order valence-electron chi connectivity index (χ0n) is 12.7. The number of carbonyl (C=O) groups excluding carboxylic acids is 1. The third-order valence-corrected chi connectivity index (χ3v) is 3.22. The van der Waals surface area contributed by atoms with Gasteiger partial charge in [-0.15, -0.1) is 0 Å². The highest BCUT2D eigenvalue weighted by Crippen LogP contribution is 2.15. The largest absolute Gasteiger partial charge is 0.480 e. The molecule has 21 heavy (non-hydrogen) atoms. The minimum Gasteiger partial charge on any atom is -0.480 e. The number of nitrogens with one attached hydrogen (secondary N) is 1. The fraction of sp³-hybridized carbons (Fsp3) is 0.500. The first-order valence-corrected chi connectivity index (χ1v) is 7.46. The molecule has 0 radical (unpaired) electrons. The highest BCUT2D eigenvalue weighted by molar-refractivity contribution is 5.94. The maximum absolute atomic E-state index is 12.4. The van der Waals surface area contributed by atoms with E-state index < -0.39 is 12.0 Å². The average molecular weight is 292 g/mol. The molecule has 0 fully saturated rings. The SMILES string of the molecule is CCCCN(C(=O)N[C@@H](CCC)C(=O)O)c1ccccc1. The molecule has 116 valence electrons. The minimum atomic E-state index is -0.992. The lowest BCUT2D eigenvalue weighted by molar-refractivity contribution is -0.139. The number of anilines is 1. The van der Waals surface area contributed by atoms with Gasteiger partial charge in [0.15, 0.2) is 0 Å².